The number of rotatable bonds is 6. The number of amides is 1. The summed E-state index contributed by atoms with van der Waals surface area (Å²) in [6.07, 6.45) is 0.214. The molecule has 0 N–H and O–H groups in total. The summed E-state index contributed by atoms with van der Waals surface area (Å²) in [6, 6.07) is 0. The first-order chi connectivity index (χ1) is 12.2. The first-order valence-electron chi connectivity index (χ1n) is 9.34. The van der Waals surface area contributed by atoms with E-state index in [1.54, 1.807) is 4.90 Å². The fourth-order valence-electron chi connectivity index (χ4n) is 3.08. The van der Waals surface area contributed by atoms with Crippen LogP contribution in [0.4, 0.5) is 4.79 Å². The summed E-state index contributed by atoms with van der Waals surface area (Å²) in [5, 5.41) is 0. The molecule has 1 radical (unpaired) electrons. The van der Waals surface area contributed by atoms with Crippen molar-refractivity contribution >= 4 is 21.1 Å². The lowest BCUT2D eigenvalue weighted by molar-refractivity contribution is -0.153. The van der Waals surface area contributed by atoms with Crippen LogP contribution in [0.25, 0.3) is 0 Å². The van der Waals surface area contributed by atoms with Crippen LogP contribution in [0.5, 0.6) is 0 Å². The zero-order chi connectivity index (χ0) is 21.0. The number of likely N-dealkylation sites (tertiary alicyclic amines) is 1. The summed E-state index contributed by atoms with van der Waals surface area (Å²) in [6.45, 7) is 16.5. The van der Waals surface area contributed by atoms with Crippen molar-refractivity contribution in [3.05, 3.63) is 0 Å². The van der Waals surface area contributed by atoms with Crippen LogP contribution in [-0.2, 0) is 23.4 Å². The molecular formula is C19H36NO6Si. The number of hydrogen-bond acceptors (Lipinski definition) is 6. The molecule has 8 heteroatoms. The van der Waals surface area contributed by atoms with E-state index in [2.05, 4.69) is 25.5 Å². The van der Waals surface area contributed by atoms with E-state index in [0.29, 0.717) is 13.0 Å². The Labute approximate surface area is 165 Å². The van der Waals surface area contributed by atoms with E-state index in [1.165, 1.54) is 7.11 Å². The summed E-state index contributed by atoms with van der Waals surface area (Å²) in [4.78, 5) is 26.1. The number of carbonyl (C=O) groups excluding carboxylic acids is 2. The highest BCUT2D eigenvalue weighted by Crippen LogP contribution is 2.44. The highest BCUT2D eigenvalue weighted by Gasteiger charge is 2.53. The van der Waals surface area contributed by atoms with Crippen LogP contribution >= 0.6 is 0 Å². The Morgan fingerprint density at radius 2 is 1.74 bits per heavy atom. The summed E-state index contributed by atoms with van der Waals surface area (Å²) < 4.78 is 22.2. The van der Waals surface area contributed by atoms with E-state index < -0.39 is 32.4 Å². The SMILES string of the molecule is COC(=O)COC[C@@]1(O[Si](C)C)C[C@H](C(C)(C)C)CN1C(=O)OC(C)(C)C. The predicted molar refractivity (Wildman–Crippen MR) is 105 cm³/mol. The Kier molecular flexibility index (Phi) is 7.90. The van der Waals surface area contributed by atoms with Gasteiger partial charge >= 0.3 is 12.1 Å². The molecule has 27 heavy (non-hydrogen) atoms. The molecule has 1 rings (SSSR count). The van der Waals surface area contributed by atoms with Gasteiger partial charge in [-0.15, -0.1) is 0 Å². The van der Waals surface area contributed by atoms with Crippen molar-refractivity contribution in [3.63, 3.8) is 0 Å². The van der Waals surface area contributed by atoms with Crippen molar-refractivity contribution < 1.29 is 28.2 Å². The Hall–Kier alpha value is -1.12. The van der Waals surface area contributed by atoms with Gasteiger partial charge < -0.3 is 18.6 Å². The van der Waals surface area contributed by atoms with Crippen LogP contribution in [0.15, 0.2) is 0 Å². The minimum absolute atomic E-state index is 0.0118. The van der Waals surface area contributed by atoms with Crippen molar-refractivity contribution in [1.82, 2.24) is 4.90 Å². The number of carbonyl (C=O) groups is 2. The monoisotopic (exact) mass is 402 g/mol. The maximum absolute atomic E-state index is 13.0. The number of ether oxygens (including phenoxy) is 3. The van der Waals surface area contributed by atoms with Crippen LogP contribution in [0.2, 0.25) is 13.1 Å². The third-order valence-electron chi connectivity index (χ3n) is 4.47. The third-order valence-corrected chi connectivity index (χ3v) is 5.26. The summed E-state index contributed by atoms with van der Waals surface area (Å²) >= 11 is 0. The molecule has 1 fully saturated rings. The number of hydrogen-bond donors (Lipinski definition) is 0. The zero-order valence-electron chi connectivity index (χ0n) is 18.3. The zero-order valence-corrected chi connectivity index (χ0v) is 19.3. The lowest BCUT2D eigenvalue weighted by Crippen LogP contribution is -2.55. The van der Waals surface area contributed by atoms with E-state index in [0.717, 1.165) is 0 Å². The third kappa shape index (κ3) is 7.08. The minimum atomic E-state index is -1.15. The smallest absolute Gasteiger partial charge is 0.412 e. The molecule has 1 aliphatic rings. The van der Waals surface area contributed by atoms with Gasteiger partial charge in [-0.1, -0.05) is 20.8 Å². The number of esters is 1. The number of methoxy groups -OCH3 is 1. The minimum Gasteiger partial charge on any atom is -0.467 e. The predicted octanol–water partition coefficient (Wildman–Crippen LogP) is 3.44. The highest BCUT2D eigenvalue weighted by atomic mass is 28.3. The Bertz CT molecular complexity index is 525. The molecule has 2 atom stereocenters. The van der Waals surface area contributed by atoms with Gasteiger partial charge in [0.15, 0.2) is 5.72 Å². The Balaban J connectivity index is 3.15. The average Bonchev–Trinajstić information content (AvgIpc) is 2.84. The maximum atomic E-state index is 13.0. The van der Waals surface area contributed by atoms with Gasteiger partial charge in [-0.3, -0.25) is 4.90 Å². The van der Waals surface area contributed by atoms with Crippen molar-refractivity contribution in [2.24, 2.45) is 11.3 Å². The van der Waals surface area contributed by atoms with Crippen LogP contribution in [0, 0.1) is 11.3 Å². The molecule has 1 aliphatic heterocycles. The largest absolute Gasteiger partial charge is 0.467 e. The van der Waals surface area contributed by atoms with Crippen LogP contribution < -0.4 is 0 Å². The lowest BCUT2D eigenvalue weighted by Gasteiger charge is -2.39. The molecule has 7 nitrogen and oxygen atoms in total. The van der Waals surface area contributed by atoms with Crippen molar-refractivity contribution in [2.75, 3.05) is 26.9 Å². The van der Waals surface area contributed by atoms with E-state index in [4.69, 9.17) is 13.9 Å². The molecule has 0 aromatic rings. The molecule has 0 aromatic heterocycles. The standard InChI is InChI=1S/C19H36NO6Si/c1-17(2,3)14-10-19(26-27(8)9,13-24-12-15(21)23-7)20(11-14)16(22)25-18(4,5)6/h14H,10-13H2,1-9H3/t14-,19-/m0/s1. The molecular weight excluding hydrogens is 366 g/mol. The molecule has 0 unspecified atom stereocenters. The van der Waals surface area contributed by atoms with Crippen LogP contribution in [0.1, 0.15) is 48.0 Å². The van der Waals surface area contributed by atoms with E-state index in [9.17, 15) is 9.59 Å². The molecule has 1 amide bonds. The average molecular weight is 403 g/mol. The molecule has 0 aliphatic carbocycles. The molecule has 0 bridgehead atoms. The topological polar surface area (TPSA) is 74.3 Å². The fourth-order valence-corrected chi connectivity index (χ4v) is 4.09. The van der Waals surface area contributed by atoms with Gasteiger partial charge in [-0.25, -0.2) is 9.59 Å². The van der Waals surface area contributed by atoms with Gasteiger partial charge in [0, 0.05) is 13.0 Å². The Morgan fingerprint density at radius 3 is 2.19 bits per heavy atom. The second-order valence-corrected chi connectivity index (χ2v) is 11.4. The van der Waals surface area contributed by atoms with Gasteiger partial charge in [0.1, 0.15) is 12.2 Å². The van der Waals surface area contributed by atoms with E-state index >= 15 is 0 Å². The molecule has 157 valence electrons. The van der Waals surface area contributed by atoms with Crippen LogP contribution in [0.3, 0.4) is 0 Å². The summed E-state index contributed by atoms with van der Waals surface area (Å²) in [5.74, 6) is -0.244. The highest BCUT2D eigenvalue weighted by molar-refractivity contribution is 6.48. The van der Waals surface area contributed by atoms with Gasteiger partial charge in [0.05, 0.1) is 13.7 Å². The fraction of sp³-hybridized carbons (Fsp3) is 0.895. The van der Waals surface area contributed by atoms with Gasteiger partial charge in [-0.2, -0.15) is 0 Å². The lowest BCUT2D eigenvalue weighted by atomic mass is 9.79. The molecule has 1 saturated heterocycles. The van der Waals surface area contributed by atoms with E-state index in [1.807, 2.05) is 33.9 Å². The molecule has 1 heterocycles. The van der Waals surface area contributed by atoms with Crippen LogP contribution in [-0.4, -0.2) is 64.2 Å². The summed E-state index contributed by atoms with van der Waals surface area (Å²) in [5.41, 5.74) is -1.56. The quantitative estimate of drug-likeness (QED) is 0.500. The van der Waals surface area contributed by atoms with Gasteiger partial charge in [0.25, 0.3) is 0 Å². The molecule has 0 aromatic carbocycles. The number of nitrogens with zero attached hydrogens (tertiary/aromatic N) is 1. The second kappa shape index (κ2) is 8.92. The van der Waals surface area contributed by atoms with E-state index in [-0.39, 0.29) is 24.5 Å². The molecule has 0 saturated carbocycles. The Morgan fingerprint density at radius 1 is 1.15 bits per heavy atom. The van der Waals surface area contributed by atoms with Gasteiger partial charge in [-0.05, 0) is 45.2 Å². The summed E-state index contributed by atoms with van der Waals surface area (Å²) in [7, 11) is 0.162. The first kappa shape index (κ1) is 23.9. The van der Waals surface area contributed by atoms with Crippen molar-refractivity contribution in [1.29, 1.82) is 0 Å². The first-order valence-corrected chi connectivity index (χ1v) is 11.8. The normalized spacial score (nSPS) is 23.6. The maximum Gasteiger partial charge on any atom is 0.412 e. The molecule has 0 spiro atoms. The van der Waals surface area contributed by atoms with Crippen molar-refractivity contribution in [3.8, 4) is 0 Å². The van der Waals surface area contributed by atoms with Gasteiger partial charge in [0.2, 0.25) is 9.04 Å². The second-order valence-electron chi connectivity index (χ2n) is 9.38. The van der Waals surface area contributed by atoms with Crippen molar-refractivity contribution in [2.45, 2.75) is 72.4 Å².